The normalized spacial score (nSPS) is 12.1. The summed E-state index contributed by atoms with van der Waals surface area (Å²) in [6.45, 7) is 0. The SMILES string of the molecule is CNc1cnccc1C(=O)OC.Clc1ccc(Nc2ccc3c(c2)CCCC3)cc1. The molecule has 2 aromatic carbocycles. The molecule has 4 rings (SSSR count). The van der Waals surface area contributed by atoms with Crippen LogP contribution >= 0.6 is 11.6 Å². The number of methoxy groups -OCH3 is 1. The molecule has 0 saturated carbocycles. The van der Waals surface area contributed by atoms with Gasteiger partial charge >= 0.3 is 5.97 Å². The number of pyridine rings is 1. The number of carbonyl (C=O) groups is 1. The molecular weight excluding hydrogens is 398 g/mol. The van der Waals surface area contributed by atoms with Crippen LogP contribution in [0.4, 0.5) is 17.1 Å². The number of ether oxygens (including phenoxy) is 1. The van der Waals surface area contributed by atoms with Gasteiger partial charge in [0.05, 0.1) is 24.6 Å². The third kappa shape index (κ3) is 5.74. The van der Waals surface area contributed by atoms with Gasteiger partial charge in [0.1, 0.15) is 0 Å². The summed E-state index contributed by atoms with van der Waals surface area (Å²) >= 11 is 5.88. The number of fused-ring (bicyclic) bond motifs is 1. The highest BCUT2D eigenvalue weighted by atomic mass is 35.5. The zero-order chi connectivity index (χ0) is 21.3. The van der Waals surface area contributed by atoms with E-state index in [0.29, 0.717) is 11.3 Å². The van der Waals surface area contributed by atoms with E-state index in [-0.39, 0.29) is 5.97 Å². The Morgan fingerprint density at radius 2 is 1.70 bits per heavy atom. The molecule has 1 aromatic heterocycles. The van der Waals surface area contributed by atoms with E-state index in [1.807, 2.05) is 24.3 Å². The van der Waals surface area contributed by atoms with E-state index in [1.54, 1.807) is 25.5 Å². The van der Waals surface area contributed by atoms with Crippen molar-refractivity contribution in [3.63, 3.8) is 0 Å². The van der Waals surface area contributed by atoms with Gasteiger partial charge in [0, 0.05) is 29.6 Å². The average Bonchev–Trinajstić information content (AvgIpc) is 2.80. The van der Waals surface area contributed by atoms with Crippen molar-refractivity contribution in [2.75, 3.05) is 24.8 Å². The second kappa shape index (κ2) is 10.6. The number of nitrogens with one attached hydrogen (secondary N) is 2. The molecule has 0 bridgehead atoms. The van der Waals surface area contributed by atoms with Crippen molar-refractivity contribution in [1.82, 2.24) is 4.98 Å². The van der Waals surface area contributed by atoms with Crippen molar-refractivity contribution in [3.8, 4) is 0 Å². The molecule has 0 amide bonds. The average molecular weight is 424 g/mol. The molecule has 1 aliphatic carbocycles. The Labute approximate surface area is 182 Å². The van der Waals surface area contributed by atoms with Crippen LogP contribution in [0.1, 0.15) is 34.3 Å². The van der Waals surface area contributed by atoms with Crippen molar-refractivity contribution in [2.45, 2.75) is 25.7 Å². The van der Waals surface area contributed by atoms with Crippen LogP contribution in [-0.4, -0.2) is 25.1 Å². The van der Waals surface area contributed by atoms with Crippen molar-refractivity contribution >= 4 is 34.6 Å². The van der Waals surface area contributed by atoms with Gasteiger partial charge in [0.2, 0.25) is 0 Å². The molecule has 156 valence electrons. The maximum absolute atomic E-state index is 11.1. The summed E-state index contributed by atoms with van der Waals surface area (Å²) in [5.41, 5.74) is 6.43. The summed E-state index contributed by atoms with van der Waals surface area (Å²) in [6.07, 6.45) is 8.22. The van der Waals surface area contributed by atoms with Crippen LogP contribution in [0.25, 0.3) is 0 Å². The molecule has 3 aromatic rings. The summed E-state index contributed by atoms with van der Waals surface area (Å²) in [5, 5.41) is 7.04. The standard InChI is InChI=1S/C16H16ClN.C8H10N2O2/c17-14-6-9-15(10-7-14)18-16-8-5-12-3-1-2-4-13(12)11-16;1-9-7-5-10-4-3-6(7)8(11)12-2/h5-11,18H,1-4H2;3-5,9H,1-2H3. The summed E-state index contributed by atoms with van der Waals surface area (Å²) in [5.74, 6) is -0.359. The summed E-state index contributed by atoms with van der Waals surface area (Å²) < 4.78 is 4.57. The predicted molar refractivity (Wildman–Crippen MR) is 123 cm³/mol. The molecule has 5 nitrogen and oxygen atoms in total. The number of aromatic nitrogens is 1. The van der Waals surface area contributed by atoms with Crippen LogP contribution in [0.3, 0.4) is 0 Å². The minimum atomic E-state index is -0.359. The van der Waals surface area contributed by atoms with Gasteiger partial charge < -0.3 is 15.4 Å². The maximum atomic E-state index is 11.1. The number of hydrogen-bond acceptors (Lipinski definition) is 5. The highest BCUT2D eigenvalue weighted by Crippen LogP contribution is 2.26. The summed E-state index contributed by atoms with van der Waals surface area (Å²) in [7, 11) is 3.08. The van der Waals surface area contributed by atoms with Crippen LogP contribution in [0.15, 0.2) is 60.9 Å². The third-order valence-corrected chi connectivity index (χ3v) is 5.23. The number of carbonyl (C=O) groups excluding carboxylic acids is 1. The first-order chi connectivity index (χ1) is 14.6. The van der Waals surface area contributed by atoms with Gasteiger partial charge in [-0.25, -0.2) is 4.79 Å². The van der Waals surface area contributed by atoms with Gasteiger partial charge in [0.25, 0.3) is 0 Å². The first kappa shape index (κ1) is 21.7. The van der Waals surface area contributed by atoms with Crippen LogP contribution in [0, 0.1) is 0 Å². The molecule has 0 spiro atoms. The van der Waals surface area contributed by atoms with E-state index in [2.05, 4.69) is 38.6 Å². The van der Waals surface area contributed by atoms with E-state index < -0.39 is 0 Å². The Bertz CT molecular complexity index is 990. The van der Waals surface area contributed by atoms with Crippen LogP contribution in [-0.2, 0) is 17.6 Å². The maximum Gasteiger partial charge on any atom is 0.340 e. The molecular formula is C24H26ClN3O2. The lowest BCUT2D eigenvalue weighted by atomic mass is 9.91. The predicted octanol–water partition coefficient (Wildman–Crippen LogP) is 5.87. The summed E-state index contributed by atoms with van der Waals surface area (Å²) in [6, 6.07) is 16.1. The molecule has 0 unspecified atom stereocenters. The topological polar surface area (TPSA) is 63.2 Å². The molecule has 2 N–H and O–H groups in total. The Balaban J connectivity index is 0.000000187. The fourth-order valence-electron chi connectivity index (χ4n) is 3.39. The largest absolute Gasteiger partial charge is 0.465 e. The number of rotatable bonds is 4. The summed E-state index contributed by atoms with van der Waals surface area (Å²) in [4.78, 5) is 15.0. The van der Waals surface area contributed by atoms with E-state index in [9.17, 15) is 4.79 Å². The Morgan fingerprint density at radius 3 is 2.40 bits per heavy atom. The minimum absolute atomic E-state index is 0.359. The molecule has 30 heavy (non-hydrogen) atoms. The molecule has 0 fully saturated rings. The molecule has 0 saturated heterocycles. The number of esters is 1. The Hall–Kier alpha value is -3.05. The minimum Gasteiger partial charge on any atom is -0.465 e. The number of benzene rings is 2. The first-order valence-electron chi connectivity index (χ1n) is 9.95. The number of nitrogens with zero attached hydrogens (tertiary/aromatic N) is 1. The molecule has 1 heterocycles. The van der Waals surface area contributed by atoms with Crippen molar-refractivity contribution in [2.24, 2.45) is 0 Å². The smallest absolute Gasteiger partial charge is 0.340 e. The fraction of sp³-hybridized carbons (Fsp3) is 0.250. The number of aryl methyl sites for hydroxylation is 2. The lowest BCUT2D eigenvalue weighted by Gasteiger charge is -2.17. The van der Waals surface area contributed by atoms with E-state index in [0.717, 1.165) is 16.4 Å². The lowest BCUT2D eigenvalue weighted by Crippen LogP contribution is -2.05. The van der Waals surface area contributed by atoms with Gasteiger partial charge in [-0.15, -0.1) is 0 Å². The van der Waals surface area contributed by atoms with Gasteiger partial charge in [-0.2, -0.15) is 0 Å². The van der Waals surface area contributed by atoms with Gasteiger partial charge in [0.15, 0.2) is 0 Å². The van der Waals surface area contributed by atoms with Crippen molar-refractivity contribution in [1.29, 1.82) is 0 Å². The van der Waals surface area contributed by atoms with E-state index >= 15 is 0 Å². The van der Waals surface area contributed by atoms with Crippen molar-refractivity contribution < 1.29 is 9.53 Å². The van der Waals surface area contributed by atoms with Gasteiger partial charge in [-0.1, -0.05) is 17.7 Å². The van der Waals surface area contributed by atoms with Crippen LogP contribution < -0.4 is 10.6 Å². The molecule has 1 aliphatic rings. The third-order valence-electron chi connectivity index (χ3n) is 4.98. The molecule has 0 aliphatic heterocycles. The Morgan fingerprint density at radius 1 is 1.00 bits per heavy atom. The lowest BCUT2D eigenvalue weighted by molar-refractivity contribution is 0.0601. The highest BCUT2D eigenvalue weighted by Gasteiger charge is 2.10. The second-order valence-electron chi connectivity index (χ2n) is 6.99. The second-order valence-corrected chi connectivity index (χ2v) is 7.42. The fourth-order valence-corrected chi connectivity index (χ4v) is 3.52. The Kier molecular flexibility index (Phi) is 7.69. The van der Waals surface area contributed by atoms with E-state index in [1.165, 1.54) is 43.9 Å². The monoisotopic (exact) mass is 423 g/mol. The zero-order valence-corrected chi connectivity index (χ0v) is 18.0. The number of anilines is 3. The first-order valence-corrected chi connectivity index (χ1v) is 10.3. The molecule has 0 atom stereocenters. The van der Waals surface area contributed by atoms with Crippen molar-refractivity contribution in [3.05, 3.63) is 82.6 Å². The zero-order valence-electron chi connectivity index (χ0n) is 17.2. The molecule has 0 radical (unpaired) electrons. The number of halogens is 1. The molecule has 6 heteroatoms. The number of hydrogen-bond donors (Lipinski definition) is 2. The van der Waals surface area contributed by atoms with Gasteiger partial charge in [-0.3, -0.25) is 4.98 Å². The highest BCUT2D eigenvalue weighted by molar-refractivity contribution is 6.30. The van der Waals surface area contributed by atoms with Crippen LogP contribution in [0.5, 0.6) is 0 Å². The quantitative estimate of drug-likeness (QED) is 0.513. The van der Waals surface area contributed by atoms with E-state index in [4.69, 9.17) is 11.6 Å². The van der Waals surface area contributed by atoms with Crippen LogP contribution in [0.2, 0.25) is 5.02 Å². The van der Waals surface area contributed by atoms with Gasteiger partial charge in [-0.05, 0) is 79.3 Å².